The molecule has 1 aliphatic heterocycles. The van der Waals surface area contributed by atoms with Crippen molar-refractivity contribution in [2.24, 2.45) is 10.7 Å². The second kappa shape index (κ2) is 3.38. The summed E-state index contributed by atoms with van der Waals surface area (Å²) in [6.07, 6.45) is 0. The van der Waals surface area contributed by atoms with Crippen molar-refractivity contribution < 1.29 is 4.79 Å². The molecular formula is C11H13N3O. The number of rotatable bonds is 1. The molecule has 1 aromatic rings. The van der Waals surface area contributed by atoms with Crippen LogP contribution in [0.25, 0.3) is 0 Å². The molecule has 1 unspecified atom stereocenters. The molecule has 15 heavy (non-hydrogen) atoms. The third kappa shape index (κ3) is 1.58. The highest BCUT2D eigenvalue weighted by molar-refractivity contribution is 6.03. The van der Waals surface area contributed by atoms with Crippen LogP contribution in [0, 0.1) is 13.8 Å². The van der Waals surface area contributed by atoms with Gasteiger partial charge in [-0.15, -0.1) is 0 Å². The van der Waals surface area contributed by atoms with E-state index in [4.69, 9.17) is 5.73 Å². The molecule has 1 heterocycles. The minimum Gasteiger partial charge on any atom is -0.385 e. The van der Waals surface area contributed by atoms with E-state index in [1.54, 1.807) is 0 Å². The van der Waals surface area contributed by atoms with Crippen molar-refractivity contribution in [3.63, 3.8) is 0 Å². The first kappa shape index (κ1) is 9.71. The number of carbonyl (C=O) groups excluding carboxylic acids is 1. The Morgan fingerprint density at radius 1 is 1.40 bits per heavy atom. The number of hydrogen-bond donors (Lipinski definition) is 2. The molecule has 0 aromatic heterocycles. The zero-order chi connectivity index (χ0) is 11.0. The number of hydrogen-bond acceptors (Lipinski definition) is 2. The summed E-state index contributed by atoms with van der Waals surface area (Å²) < 4.78 is 0. The van der Waals surface area contributed by atoms with Gasteiger partial charge in [0.1, 0.15) is 11.9 Å². The molecule has 0 fully saturated rings. The molecule has 3 N–H and O–H groups in total. The fraction of sp³-hybridized carbons (Fsp3) is 0.273. The average molecular weight is 203 g/mol. The second-order valence-electron chi connectivity index (χ2n) is 3.71. The molecule has 0 saturated heterocycles. The summed E-state index contributed by atoms with van der Waals surface area (Å²) in [5.74, 6) is 0.341. The van der Waals surface area contributed by atoms with Crippen molar-refractivity contribution in [1.82, 2.24) is 5.32 Å². The highest BCUT2D eigenvalue weighted by atomic mass is 16.2. The number of amides is 2. The maximum absolute atomic E-state index is 11.1. The molecule has 2 rings (SSSR count). The third-order valence-electron chi connectivity index (χ3n) is 2.75. The minimum absolute atomic E-state index is 0.266. The van der Waals surface area contributed by atoms with Gasteiger partial charge in [0.25, 0.3) is 0 Å². The Balaban J connectivity index is 2.43. The van der Waals surface area contributed by atoms with Gasteiger partial charge < -0.3 is 11.1 Å². The molecule has 1 atom stereocenters. The summed E-state index contributed by atoms with van der Waals surface area (Å²) in [6, 6.07) is 5.31. The van der Waals surface area contributed by atoms with Crippen LogP contribution in [0.3, 0.4) is 0 Å². The Kier molecular flexibility index (Phi) is 2.19. The van der Waals surface area contributed by atoms with Crippen LogP contribution < -0.4 is 11.1 Å². The van der Waals surface area contributed by atoms with Crippen molar-refractivity contribution in [3.8, 4) is 0 Å². The van der Waals surface area contributed by atoms with Crippen LogP contribution in [-0.4, -0.2) is 11.9 Å². The summed E-state index contributed by atoms with van der Waals surface area (Å²) >= 11 is 0. The SMILES string of the molecule is Cc1cccc(C2NC(=O)N=C2N)c1C. The Hall–Kier alpha value is -1.84. The van der Waals surface area contributed by atoms with Crippen LogP contribution in [0.5, 0.6) is 0 Å². The lowest BCUT2D eigenvalue weighted by molar-refractivity contribution is 0.250. The molecule has 0 aliphatic carbocycles. The molecule has 1 aromatic carbocycles. The average Bonchev–Trinajstić information content (AvgIpc) is 2.50. The molecule has 0 spiro atoms. The van der Waals surface area contributed by atoms with Crippen molar-refractivity contribution in [2.75, 3.05) is 0 Å². The van der Waals surface area contributed by atoms with Crippen LogP contribution in [0.15, 0.2) is 23.2 Å². The van der Waals surface area contributed by atoms with Crippen LogP contribution in [-0.2, 0) is 0 Å². The number of aryl methyl sites for hydroxylation is 1. The maximum Gasteiger partial charge on any atom is 0.343 e. The highest BCUT2D eigenvalue weighted by Crippen LogP contribution is 2.22. The molecule has 0 saturated carbocycles. The van der Waals surface area contributed by atoms with E-state index in [9.17, 15) is 4.79 Å². The first-order valence-electron chi connectivity index (χ1n) is 4.80. The molecule has 2 amide bonds. The normalized spacial score (nSPS) is 20.0. The molecule has 4 heteroatoms. The Bertz CT molecular complexity index is 451. The number of nitrogens with two attached hydrogens (primary N) is 1. The van der Waals surface area contributed by atoms with Crippen molar-refractivity contribution in [3.05, 3.63) is 34.9 Å². The summed E-state index contributed by atoms with van der Waals surface area (Å²) in [5.41, 5.74) is 9.03. The highest BCUT2D eigenvalue weighted by Gasteiger charge is 2.26. The zero-order valence-corrected chi connectivity index (χ0v) is 8.74. The quantitative estimate of drug-likeness (QED) is 0.725. The van der Waals surface area contributed by atoms with Crippen molar-refractivity contribution in [1.29, 1.82) is 0 Å². The van der Waals surface area contributed by atoms with Crippen molar-refractivity contribution >= 4 is 11.9 Å². The maximum atomic E-state index is 11.1. The van der Waals surface area contributed by atoms with Gasteiger partial charge in [-0.1, -0.05) is 18.2 Å². The monoisotopic (exact) mass is 203 g/mol. The molecule has 0 bridgehead atoms. The van der Waals surface area contributed by atoms with Gasteiger partial charge in [-0.3, -0.25) is 0 Å². The summed E-state index contributed by atoms with van der Waals surface area (Å²) in [4.78, 5) is 14.7. The Morgan fingerprint density at radius 2 is 2.13 bits per heavy atom. The van der Waals surface area contributed by atoms with E-state index < -0.39 is 0 Å². The number of benzene rings is 1. The number of aliphatic imine (C=N–C) groups is 1. The van der Waals surface area contributed by atoms with E-state index >= 15 is 0 Å². The summed E-state index contributed by atoms with van der Waals surface area (Å²) in [5, 5.41) is 2.72. The lowest BCUT2D eigenvalue weighted by Crippen LogP contribution is -2.28. The van der Waals surface area contributed by atoms with Gasteiger partial charge >= 0.3 is 6.03 Å². The Morgan fingerprint density at radius 3 is 2.73 bits per heavy atom. The number of nitrogens with one attached hydrogen (secondary N) is 1. The van der Waals surface area contributed by atoms with E-state index in [0.717, 1.165) is 11.1 Å². The largest absolute Gasteiger partial charge is 0.385 e. The predicted molar refractivity (Wildman–Crippen MR) is 58.8 cm³/mol. The summed E-state index contributed by atoms with van der Waals surface area (Å²) in [6.45, 7) is 4.05. The topological polar surface area (TPSA) is 67.5 Å². The van der Waals surface area contributed by atoms with E-state index in [1.165, 1.54) is 5.56 Å². The van der Waals surface area contributed by atoms with E-state index in [1.807, 2.05) is 32.0 Å². The standard InChI is InChI=1S/C11H13N3O/c1-6-4-3-5-8(7(6)2)9-10(12)14-11(15)13-9/h3-5,9H,1-2H3,(H3,12,13,14,15). The van der Waals surface area contributed by atoms with Gasteiger partial charge in [0.15, 0.2) is 0 Å². The van der Waals surface area contributed by atoms with Gasteiger partial charge in [-0.05, 0) is 30.5 Å². The smallest absolute Gasteiger partial charge is 0.343 e. The van der Waals surface area contributed by atoms with Crippen LogP contribution in [0.2, 0.25) is 0 Å². The number of carbonyl (C=O) groups is 1. The van der Waals surface area contributed by atoms with Gasteiger partial charge in [0.05, 0.1) is 0 Å². The minimum atomic E-state index is -0.363. The summed E-state index contributed by atoms with van der Waals surface area (Å²) in [7, 11) is 0. The molecule has 0 radical (unpaired) electrons. The van der Waals surface area contributed by atoms with Crippen LogP contribution in [0.1, 0.15) is 22.7 Å². The van der Waals surface area contributed by atoms with Gasteiger partial charge in [-0.2, -0.15) is 4.99 Å². The van der Waals surface area contributed by atoms with E-state index in [0.29, 0.717) is 5.84 Å². The van der Waals surface area contributed by atoms with Gasteiger partial charge in [0, 0.05) is 0 Å². The predicted octanol–water partition coefficient (Wildman–Crippen LogP) is 1.42. The van der Waals surface area contributed by atoms with E-state index in [-0.39, 0.29) is 12.1 Å². The fourth-order valence-electron chi connectivity index (χ4n) is 1.74. The first-order chi connectivity index (χ1) is 7.09. The lowest BCUT2D eigenvalue weighted by atomic mass is 9.97. The van der Waals surface area contributed by atoms with Crippen LogP contribution in [0.4, 0.5) is 4.79 Å². The zero-order valence-electron chi connectivity index (χ0n) is 8.74. The number of urea groups is 1. The number of nitrogens with zero attached hydrogens (tertiary/aromatic N) is 1. The fourth-order valence-corrected chi connectivity index (χ4v) is 1.74. The lowest BCUT2D eigenvalue weighted by Gasteiger charge is -2.15. The second-order valence-corrected chi connectivity index (χ2v) is 3.71. The number of amidine groups is 1. The van der Waals surface area contributed by atoms with E-state index in [2.05, 4.69) is 10.3 Å². The molecule has 78 valence electrons. The molecule has 4 nitrogen and oxygen atoms in total. The third-order valence-corrected chi connectivity index (χ3v) is 2.75. The molecular weight excluding hydrogens is 190 g/mol. The van der Waals surface area contributed by atoms with Crippen LogP contribution >= 0.6 is 0 Å². The first-order valence-corrected chi connectivity index (χ1v) is 4.80. The molecule has 1 aliphatic rings. The van der Waals surface area contributed by atoms with Gasteiger partial charge in [-0.25, -0.2) is 4.79 Å². The Labute approximate surface area is 88.2 Å². The van der Waals surface area contributed by atoms with Crippen molar-refractivity contribution in [2.45, 2.75) is 19.9 Å². The van der Waals surface area contributed by atoms with Gasteiger partial charge in [0.2, 0.25) is 0 Å².